The Labute approximate surface area is 170 Å². The topological polar surface area (TPSA) is 70.1 Å². The minimum atomic E-state index is 0.0654. The summed E-state index contributed by atoms with van der Waals surface area (Å²) in [7, 11) is 2.18. The zero-order chi connectivity index (χ0) is 20.0. The average Bonchev–Trinajstić information content (AvgIpc) is 3.28. The van der Waals surface area contributed by atoms with Gasteiger partial charge in [0.1, 0.15) is 17.3 Å². The van der Waals surface area contributed by atoms with Gasteiger partial charge in [0.05, 0.1) is 6.04 Å². The average molecular weight is 393 g/mol. The van der Waals surface area contributed by atoms with Crippen LogP contribution in [0.5, 0.6) is 0 Å². The molecule has 1 N–H and O–H groups in total. The summed E-state index contributed by atoms with van der Waals surface area (Å²) >= 11 is 0. The number of aromatic amines is 1. The van der Waals surface area contributed by atoms with Crippen molar-refractivity contribution in [3.63, 3.8) is 0 Å². The number of benzene rings is 1. The van der Waals surface area contributed by atoms with Crippen LogP contribution in [0.3, 0.4) is 0 Å². The maximum absolute atomic E-state index is 13.2. The molecule has 1 fully saturated rings. The lowest BCUT2D eigenvalue weighted by atomic mass is 10.0. The van der Waals surface area contributed by atoms with Crippen LogP contribution in [0.25, 0.3) is 10.9 Å². The molecule has 0 spiro atoms. The number of hydrogen-bond acceptors (Lipinski definition) is 4. The second-order valence-electron chi connectivity index (χ2n) is 8.38. The van der Waals surface area contributed by atoms with Crippen LogP contribution in [-0.4, -0.2) is 62.1 Å². The van der Waals surface area contributed by atoms with Crippen molar-refractivity contribution in [2.24, 2.45) is 0 Å². The third-order valence-electron chi connectivity index (χ3n) is 6.52. The van der Waals surface area contributed by atoms with Gasteiger partial charge in [0.15, 0.2) is 0 Å². The van der Waals surface area contributed by atoms with E-state index in [0.717, 1.165) is 48.5 Å². The largest absolute Gasteiger partial charge is 0.351 e. The first-order valence-corrected chi connectivity index (χ1v) is 10.6. The van der Waals surface area contributed by atoms with Crippen molar-refractivity contribution in [2.75, 3.05) is 26.7 Å². The van der Waals surface area contributed by atoms with Crippen molar-refractivity contribution in [1.29, 1.82) is 0 Å². The van der Waals surface area contributed by atoms with E-state index < -0.39 is 0 Å². The van der Waals surface area contributed by atoms with E-state index in [9.17, 15) is 4.79 Å². The highest BCUT2D eigenvalue weighted by molar-refractivity contribution is 5.98. The third-order valence-corrected chi connectivity index (χ3v) is 6.52. The summed E-state index contributed by atoms with van der Waals surface area (Å²) in [5, 5.41) is 10.1. The highest BCUT2D eigenvalue weighted by Gasteiger charge is 2.29. The molecule has 2 aliphatic rings. The van der Waals surface area contributed by atoms with Crippen molar-refractivity contribution in [1.82, 2.24) is 29.5 Å². The van der Waals surface area contributed by atoms with E-state index in [2.05, 4.69) is 44.7 Å². The number of H-pyrrole nitrogens is 1. The van der Waals surface area contributed by atoms with Gasteiger partial charge in [-0.2, -0.15) is 0 Å². The summed E-state index contributed by atoms with van der Waals surface area (Å²) in [5.74, 6) is 2.13. The molecule has 2 aliphatic heterocycles. The van der Waals surface area contributed by atoms with Gasteiger partial charge in [-0.25, -0.2) is 0 Å². The fourth-order valence-corrected chi connectivity index (χ4v) is 4.79. The van der Waals surface area contributed by atoms with Crippen LogP contribution in [0.15, 0.2) is 24.3 Å². The normalized spacial score (nSPS) is 20.6. The molecular formula is C22H28N6O. The van der Waals surface area contributed by atoms with Gasteiger partial charge in [-0.15, -0.1) is 10.2 Å². The molecule has 3 aromatic rings. The van der Waals surface area contributed by atoms with E-state index in [1.165, 1.54) is 18.4 Å². The molecule has 1 saturated heterocycles. The summed E-state index contributed by atoms with van der Waals surface area (Å²) in [4.78, 5) is 20.8. The third kappa shape index (κ3) is 3.23. The molecule has 7 heteroatoms. The van der Waals surface area contributed by atoms with Gasteiger partial charge < -0.3 is 14.5 Å². The van der Waals surface area contributed by atoms with Crippen molar-refractivity contribution in [3.8, 4) is 0 Å². The Bertz CT molecular complexity index is 1050. The SMILES string of the molecule is Cc1cccc2[nH]c(C(=O)N3CCc4nnc(C5CCCCN5C)n4CC3)cc12. The number of rotatable bonds is 2. The van der Waals surface area contributed by atoms with Crippen LogP contribution in [0.2, 0.25) is 0 Å². The molecule has 0 radical (unpaired) electrons. The van der Waals surface area contributed by atoms with Gasteiger partial charge >= 0.3 is 0 Å². The van der Waals surface area contributed by atoms with Crippen molar-refractivity contribution in [2.45, 2.75) is 45.2 Å². The molecule has 152 valence electrons. The van der Waals surface area contributed by atoms with E-state index in [-0.39, 0.29) is 5.91 Å². The lowest BCUT2D eigenvalue weighted by Crippen LogP contribution is -2.35. The molecule has 7 nitrogen and oxygen atoms in total. The van der Waals surface area contributed by atoms with Gasteiger partial charge in [-0.05, 0) is 51.1 Å². The molecule has 1 atom stereocenters. The Kier molecular flexibility index (Phi) is 4.62. The Morgan fingerprint density at radius 1 is 1.14 bits per heavy atom. The first-order valence-electron chi connectivity index (χ1n) is 10.6. The number of piperidine rings is 1. The van der Waals surface area contributed by atoms with Crippen molar-refractivity contribution in [3.05, 3.63) is 47.2 Å². The Balaban J connectivity index is 1.36. The molecule has 4 heterocycles. The van der Waals surface area contributed by atoms with Crippen LogP contribution in [-0.2, 0) is 13.0 Å². The predicted octanol–water partition coefficient (Wildman–Crippen LogP) is 2.92. The number of nitrogens with one attached hydrogen (secondary N) is 1. The molecule has 29 heavy (non-hydrogen) atoms. The lowest BCUT2D eigenvalue weighted by molar-refractivity contribution is 0.0753. The Morgan fingerprint density at radius 3 is 2.86 bits per heavy atom. The van der Waals surface area contributed by atoms with Gasteiger partial charge in [-0.1, -0.05) is 18.6 Å². The number of aromatic nitrogens is 4. The molecule has 1 unspecified atom stereocenters. The van der Waals surface area contributed by atoms with E-state index in [0.29, 0.717) is 24.8 Å². The first-order chi connectivity index (χ1) is 14.1. The van der Waals surface area contributed by atoms with Crippen LogP contribution < -0.4 is 0 Å². The lowest BCUT2D eigenvalue weighted by Gasteiger charge is -2.31. The van der Waals surface area contributed by atoms with E-state index in [1.807, 2.05) is 23.1 Å². The quantitative estimate of drug-likeness (QED) is 0.728. The Morgan fingerprint density at radius 2 is 2.03 bits per heavy atom. The minimum absolute atomic E-state index is 0.0654. The number of aryl methyl sites for hydroxylation is 1. The predicted molar refractivity (Wildman–Crippen MR) is 112 cm³/mol. The van der Waals surface area contributed by atoms with Crippen LogP contribution in [0, 0.1) is 6.92 Å². The zero-order valence-corrected chi connectivity index (χ0v) is 17.2. The fraction of sp³-hybridized carbons (Fsp3) is 0.500. The van der Waals surface area contributed by atoms with Crippen LogP contribution >= 0.6 is 0 Å². The van der Waals surface area contributed by atoms with Crippen molar-refractivity contribution >= 4 is 16.8 Å². The van der Waals surface area contributed by atoms with Crippen molar-refractivity contribution < 1.29 is 4.79 Å². The summed E-state index contributed by atoms with van der Waals surface area (Å²) in [6.45, 7) is 5.30. The summed E-state index contributed by atoms with van der Waals surface area (Å²) in [6, 6.07) is 8.44. The number of carbonyl (C=O) groups excluding carboxylic acids is 1. The van der Waals surface area contributed by atoms with Gasteiger partial charge in [-0.3, -0.25) is 9.69 Å². The van der Waals surface area contributed by atoms with E-state index >= 15 is 0 Å². The number of hydrogen-bond donors (Lipinski definition) is 1. The smallest absolute Gasteiger partial charge is 0.270 e. The van der Waals surface area contributed by atoms with Crippen LogP contribution in [0.4, 0.5) is 0 Å². The number of fused-ring (bicyclic) bond motifs is 2. The number of amides is 1. The first kappa shape index (κ1) is 18.4. The van der Waals surface area contributed by atoms with Gasteiger partial charge in [0.25, 0.3) is 5.91 Å². The number of nitrogens with zero attached hydrogens (tertiary/aromatic N) is 5. The molecule has 5 rings (SSSR count). The summed E-state index contributed by atoms with van der Waals surface area (Å²) in [6.07, 6.45) is 4.36. The highest BCUT2D eigenvalue weighted by atomic mass is 16.2. The maximum Gasteiger partial charge on any atom is 0.270 e. The van der Waals surface area contributed by atoms with Gasteiger partial charge in [0, 0.05) is 37.0 Å². The fourth-order valence-electron chi connectivity index (χ4n) is 4.79. The second-order valence-corrected chi connectivity index (χ2v) is 8.38. The summed E-state index contributed by atoms with van der Waals surface area (Å²) in [5.41, 5.74) is 2.86. The minimum Gasteiger partial charge on any atom is -0.351 e. The zero-order valence-electron chi connectivity index (χ0n) is 17.2. The Hall–Kier alpha value is -2.67. The second kappa shape index (κ2) is 7.30. The molecule has 0 saturated carbocycles. The monoisotopic (exact) mass is 392 g/mol. The van der Waals surface area contributed by atoms with Crippen LogP contribution in [0.1, 0.15) is 53.0 Å². The molecule has 1 amide bonds. The number of carbonyl (C=O) groups is 1. The molecule has 0 bridgehead atoms. The molecule has 0 aliphatic carbocycles. The molecule has 1 aromatic carbocycles. The maximum atomic E-state index is 13.2. The van der Waals surface area contributed by atoms with E-state index in [4.69, 9.17) is 0 Å². The van der Waals surface area contributed by atoms with Gasteiger partial charge in [0.2, 0.25) is 0 Å². The standard InChI is InChI=1S/C22H28N6O/c1-15-6-5-7-17-16(15)14-18(23-17)22(29)27-11-9-20-24-25-21(28(20)13-12-27)19-8-3-4-10-26(19)2/h5-7,14,19,23H,3-4,8-13H2,1-2H3. The highest BCUT2D eigenvalue weighted by Crippen LogP contribution is 2.29. The molecular weight excluding hydrogens is 364 g/mol. The number of likely N-dealkylation sites (tertiary alicyclic amines) is 1. The summed E-state index contributed by atoms with van der Waals surface area (Å²) < 4.78 is 2.26. The molecule has 2 aromatic heterocycles. The van der Waals surface area contributed by atoms with E-state index in [1.54, 1.807) is 0 Å².